The molecule has 0 bridgehead atoms. The van der Waals surface area contributed by atoms with Gasteiger partial charge in [-0.05, 0) is 19.1 Å². The second kappa shape index (κ2) is 6.41. The molecule has 6 heteroatoms. The predicted molar refractivity (Wildman–Crippen MR) is 80.8 cm³/mol. The molecule has 1 aromatic heterocycles. The minimum atomic E-state index is -0.410. The number of aromatic nitrogens is 2. The van der Waals surface area contributed by atoms with Crippen LogP contribution in [0.25, 0.3) is 11.4 Å². The van der Waals surface area contributed by atoms with Crippen molar-refractivity contribution in [3.63, 3.8) is 0 Å². The molecular formula is C15H18N4O2. The van der Waals surface area contributed by atoms with Gasteiger partial charge in [-0.15, -0.1) is 0 Å². The fourth-order valence-corrected chi connectivity index (χ4v) is 1.98. The van der Waals surface area contributed by atoms with Gasteiger partial charge in [0.1, 0.15) is 0 Å². The lowest BCUT2D eigenvalue weighted by Crippen LogP contribution is -2.22. The molecule has 0 fully saturated rings. The molecule has 0 atom stereocenters. The summed E-state index contributed by atoms with van der Waals surface area (Å²) in [5.41, 5.74) is 2.07. The van der Waals surface area contributed by atoms with Crippen molar-refractivity contribution in [1.29, 1.82) is 0 Å². The standard InChI is InChI=1S/C15H18N4O2/c1-10(2)16-9-12-8-11(3)17-15(18-12)13-6-4-5-7-14(13)19(20)21/h4-8,10,16H,9H2,1-3H3. The quantitative estimate of drug-likeness (QED) is 0.675. The number of hydrogen-bond acceptors (Lipinski definition) is 5. The highest BCUT2D eigenvalue weighted by molar-refractivity contribution is 5.67. The van der Waals surface area contributed by atoms with Crippen molar-refractivity contribution in [3.8, 4) is 11.4 Å². The SMILES string of the molecule is Cc1cc(CNC(C)C)nc(-c2ccccc2[N+](=O)[O-])n1. The Morgan fingerprint density at radius 3 is 2.67 bits per heavy atom. The number of nitrogens with one attached hydrogen (secondary N) is 1. The van der Waals surface area contributed by atoms with Gasteiger partial charge in [0, 0.05) is 24.3 Å². The predicted octanol–water partition coefficient (Wildman–Crippen LogP) is 2.86. The van der Waals surface area contributed by atoms with E-state index in [9.17, 15) is 10.1 Å². The minimum Gasteiger partial charge on any atom is -0.309 e. The molecule has 0 radical (unpaired) electrons. The van der Waals surface area contributed by atoms with Gasteiger partial charge in [0.25, 0.3) is 5.69 Å². The van der Waals surface area contributed by atoms with Crippen molar-refractivity contribution in [2.75, 3.05) is 0 Å². The van der Waals surface area contributed by atoms with Gasteiger partial charge in [0.05, 0.1) is 16.2 Å². The van der Waals surface area contributed by atoms with Crippen molar-refractivity contribution in [2.24, 2.45) is 0 Å². The average molecular weight is 286 g/mol. The molecule has 1 N–H and O–H groups in total. The number of nitro benzene ring substituents is 1. The third-order valence-electron chi connectivity index (χ3n) is 2.94. The summed E-state index contributed by atoms with van der Waals surface area (Å²) in [6, 6.07) is 8.75. The summed E-state index contributed by atoms with van der Waals surface area (Å²) in [5.74, 6) is 0.392. The third-order valence-corrected chi connectivity index (χ3v) is 2.94. The molecule has 6 nitrogen and oxygen atoms in total. The minimum absolute atomic E-state index is 0.0193. The molecule has 0 spiro atoms. The van der Waals surface area contributed by atoms with Crippen LogP contribution in [0, 0.1) is 17.0 Å². The number of hydrogen-bond donors (Lipinski definition) is 1. The lowest BCUT2D eigenvalue weighted by molar-refractivity contribution is -0.384. The first kappa shape index (κ1) is 15.1. The van der Waals surface area contributed by atoms with E-state index in [2.05, 4.69) is 29.1 Å². The van der Waals surface area contributed by atoms with Crippen molar-refractivity contribution in [1.82, 2.24) is 15.3 Å². The summed E-state index contributed by atoms with van der Waals surface area (Å²) in [6.07, 6.45) is 0. The van der Waals surface area contributed by atoms with E-state index in [1.165, 1.54) is 6.07 Å². The molecule has 0 saturated carbocycles. The van der Waals surface area contributed by atoms with E-state index in [0.29, 0.717) is 24.0 Å². The van der Waals surface area contributed by atoms with Gasteiger partial charge < -0.3 is 5.32 Å². The number of rotatable bonds is 5. The molecule has 0 saturated heterocycles. The van der Waals surface area contributed by atoms with Gasteiger partial charge in [-0.2, -0.15) is 0 Å². The van der Waals surface area contributed by atoms with E-state index in [1.807, 2.05) is 13.0 Å². The maximum Gasteiger partial charge on any atom is 0.280 e. The van der Waals surface area contributed by atoms with Crippen molar-refractivity contribution in [2.45, 2.75) is 33.4 Å². The summed E-state index contributed by atoms with van der Waals surface area (Å²) in [5, 5.41) is 14.4. The van der Waals surface area contributed by atoms with Gasteiger partial charge in [-0.3, -0.25) is 10.1 Å². The zero-order valence-electron chi connectivity index (χ0n) is 12.3. The molecule has 110 valence electrons. The lowest BCUT2D eigenvalue weighted by atomic mass is 10.1. The van der Waals surface area contributed by atoms with E-state index < -0.39 is 4.92 Å². The highest BCUT2D eigenvalue weighted by Crippen LogP contribution is 2.27. The van der Waals surface area contributed by atoms with Crippen LogP contribution in [0.2, 0.25) is 0 Å². The molecule has 1 aromatic carbocycles. The molecule has 0 aliphatic heterocycles. The number of aryl methyl sites for hydroxylation is 1. The Balaban J connectivity index is 2.42. The second-order valence-electron chi connectivity index (χ2n) is 5.13. The van der Waals surface area contributed by atoms with Crippen molar-refractivity contribution < 1.29 is 4.92 Å². The lowest BCUT2D eigenvalue weighted by Gasteiger charge is -2.09. The van der Waals surface area contributed by atoms with Gasteiger partial charge in [0.2, 0.25) is 0 Å². The normalized spacial score (nSPS) is 10.9. The van der Waals surface area contributed by atoms with Crippen LogP contribution in [-0.2, 0) is 6.54 Å². The van der Waals surface area contributed by atoms with E-state index in [0.717, 1.165) is 11.4 Å². The first-order valence-corrected chi connectivity index (χ1v) is 6.79. The molecule has 2 rings (SSSR count). The zero-order valence-corrected chi connectivity index (χ0v) is 12.3. The molecule has 0 unspecified atom stereocenters. The van der Waals surface area contributed by atoms with Crippen LogP contribution in [0.3, 0.4) is 0 Å². The molecular weight excluding hydrogens is 268 g/mol. The second-order valence-corrected chi connectivity index (χ2v) is 5.13. The van der Waals surface area contributed by atoms with Crippen LogP contribution < -0.4 is 5.32 Å². The summed E-state index contributed by atoms with van der Waals surface area (Å²) in [7, 11) is 0. The van der Waals surface area contributed by atoms with E-state index in [4.69, 9.17) is 0 Å². The smallest absolute Gasteiger partial charge is 0.280 e. The van der Waals surface area contributed by atoms with Crippen molar-refractivity contribution >= 4 is 5.69 Å². The van der Waals surface area contributed by atoms with Crippen LogP contribution in [-0.4, -0.2) is 20.9 Å². The Kier molecular flexibility index (Phi) is 4.59. The maximum absolute atomic E-state index is 11.1. The summed E-state index contributed by atoms with van der Waals surface area (Å²) < 4.78 is 0. The molecule has 1 heterocycles. The van der Waals surface area contributed by atoms with Crippen LogP contribution in [0.4, 0.5) is 5.69 Å². The molecule has 21 heavy (non-hydrogen) atoms. The monoisotopic (exact) mass is 286 g/mol. The first-order chi connectivity index (χ1) is 9.97. The van der Waals surface area contributed by atoms with Crippen LogP contribution in [0.5, 0.6) is 0 Å². The van der Waals surface area contributed by atoms with E-state index in [-0.39, 0.29) is 5.69 Å². The fraction of sp³-hybridized carbons (Fsp3) is 0.333. The number of nitro groups is 1. The Bertz CT molecular complexity index is 656. The summed E-state index contributed by atoms with van der Waals surface area (Å²) in [4.78, 5) is 19.5. The van der Waals surface area contributed by atoms with Crippen LogP contribution >= 0.6 is 0 Å². The van der Waals surface area contributed by atoms with Crippen LogP contribution in [0.15, 0.2) is 30.3 Å². The average Bonchev–Trinajstić information content (AvgIpc) is 2.44. The summed E-state index contributed by atoms with van der Waals surface area (Å²) in [6.45, 7) is 6.57. The Hall–Kier alpha value is -2.34. The first-order valence-electron chi connectivity index (χ1n) is 6.79. The number of nitrogens with zero attached hydrogens (tertiary/aromatic N) is 3. The van der Waals surface area contributed by atoms with Crippen molar-refractivity contribution in [3.05, 3.63) is 51.8 Å². The molecule has 2 aromatic rings. The fourth-order valence-electron chi connectivity index (χ4n) is 1.98. The van der Waals surface area contributed by atoms with E-state index >= 15 is 0 Å². The van der Waals surface area contributed by atoms with Gasteiger partial charge in [-0.1, -0.05) is 26.0 Å². The highest BCUT2D eigenvalue weighted by Gasteiger charge is 2.17. The van der Waals surface area contributed by atoms with Gasteiger partial charge in [-0.25, -0.2) is 9.97 Å². The number of benzene rings is 1. The maximum atomic E-state index is 11.1. The largest absolute Gasteiger partial charge is 0.309 e. The topological polar surface area (TPSA) is 81.0 Å². The molecule has 0 aliphatic carbocycles. The zero-order chi connectivity index (χ0) is 15.4. The Morgan fingerprint density at radius 2 is 2.00 bits per heavy atom. The van der Waals surface area contributed by atoms with Gasteiger partial charge in [0.15, 0.2) is 5.82 Å². The Morgan fingerprint density at radius 1 is 1.29 bits per heavy atom. The Labute approximate surface area is 123 Å². The molecule has 0 aliphatic rings. The highest BCUT2D eigenvalue weighted by atomic mass is 16.6. The summed E-state index contributed by atoms with van der Waals surface area (Å²) >= 11 is 0. The van der Waals surface area contributed by atoms with Gasteiger partial charge >= 0.3 is 0 Å². The van der Waals surface area contributed by atoms with Crippen LogP contribution in [0.1, 0.15) is 25.2 Å². The number of para-hydroxylation sites is 1. The van der Waals surface area contributed by atoms with E-state index in [1.54, 1.807) is 18.2 Å². The molecule has 0 amide bonds. The third kappa shape index (κ3) is 3.82.